The van der Waals surface area contributed by atoms with Gasteiger partial charge in [0.1, 0.15) is 11.2 Å². The zero-order chi connectivity index (χ0) is 28.3. The van der Waals surface area contributed by atoms with Crippen LogP contribution in [-0.2, 0) is 0 Å². The Morgan fingerprint density at radius 3 is 2.00 bits per heavy atom. The van der Waals surface area contributed by atoms with E-state index in [4.69, 9.17) is 4.42 Å². The highest BCUT2D eigenvalue weighted by Crippen LogP contribution is 2.49. The van der Waals surface area contributed by atoms with E-state index in [0.717, 1.165) is 39.0 Å². The molecule has 0 saturated carbocycles. The summed E-state index contributed by atoms with van der Waals surface area (Å²) in [5.74, 6) is 0. The molecule has 0 aliphatic heterocycles. The number of anilines is 3. The minimum Gasteiger partial charge on any atom is -0.456 e. The number of para-hydroxylation sites is 1. The predicted octanol–water partition coefficient (Wildman–Crippen LogP) is 12.2. The van der Waals surface area contributed by atoms with Gasteiger partial charge in [-0.25, -0.2) is 0 Å². The SMILES string of the molecule is c1ccc(-c2ccc(N(c3cccc4c3sc3ccc5ccccc5c34)c3cccc4oc5ccccc5c34)cc2)cc1. The van der Waals surface area contributed by atoms with Crippen molar-refractivity contribution in [1.82, 2.24) is 0 Å². The van der Waals surface area contributed by atoms with Crippen molar-refractivity contribution in [2.45, 2.75) is 0 Å². The second-order valence-electron chi connectivity index (χ2n) is 10.9. The number of nitrogens with zero attached hydrogens (tertiary/aromatic N) is 1. The summed E-state index contributed by atoms with van der Waals surface area (Å²) in [6.45, 7) is 0. The van der Waals surface area contributed by atoms with Crippen LogP contribution >= 0.6 is 11.3 Å². The molecule has 202 valence electrons. The van der Waals surface area contributed by atoms with Crippen molar-refractivity contribution >= 4 is 81.3 Å². The highest BCUT2D eigenvalue weighted by atomic mass is 32.1. The molecule has 9 rings (SSSR count). The van der Waals surface area contributed by atoms with Crippen molar-refractivity contribution in [1.29, 1.82) is 0 Å². The monoisotopic (exact) mass is 567 g/mol. The van der Waals surface area contributed by atoms with Gasteiger partial charge in [-0.15, -0.1) is 11.3 Å². The molecule has 0 unspecified atom stereocenters. The fourth-order valence-corrected chi connectivity index (χ4v) is 7.74. The van der Waals surface area contributed by atoms with Crippen LogP contribution in [0.15, 0.2) is 156 Å². The first-order chi connectivity index (χ1) is 21.3. The van der Waals surface area contributed by atoms with Gasteiger partial charge in [0, 0.05) is 26.5 Å². The van der Waals surface area contributed by atoms with Crippen LogP contribution in [0.2, 0.25) is 0 Å². The summed E-state index contributed by atoms with van der Waals surface area (Å²) >= 11 is 1.87. The van der Waals surface area contributed by atoms with E-state index in [1.165, 1.54) is 42.1 Å². The Morgan fingerprint density at radius 1 is 0.442 bits per heavy atom. The van der Waals surface area contributed by atoms with E-state index >= 15 is 0 Å². The minimum absolute atomic E-state index is 0.888. The summed E-state index contributed by atoms with van der Waals surface area (Å²) in [6.07, 6.45) is 0. The van der Waals surface area contributed by atoms with Gasteiger partial charge in [0.15, 0.2) is 0 Å². The van der Waals surface area contributed by atoms with Crippen LogP contribution in [0.5, 0.6) is 0 Å². The number of thiophene rings is 1. The Hall–Kier alpha value is -5.38. The molecule has 0 spiro atoms. The van der Waals surface area contributed by atoms with E-state index in [9.17, 15) is 0 Å². The Morgan fingerprint density at radius 2 is 1.12 bits per heavy atom. The molecule has 9 aromatic rings. The fourth-order valence-electron chi connectivity index (χ4n) is 6.51. The highest BCUT2D eigenvalue weighted by molar-refractivity contribution is 7.26. The lowest BCUT2D eigenvalue weighted by molar-refractivity contribution is 0.669. The van der Waals surface area contributed by atoms with Crippen LogP contribution in [0.3, 0.4) is 0 Å². The lowest BCUT2D eigenvalue weighted by Crippen LogP contribution is -2.10. The van der Waals surface area contributed by atoms with Crippen LogP contribution in [0, 0.1) is 0 Å². The van der Waals surface area contributed by atoms with Crippen LogP contribution in [0.25, 0.3) is 64.0 Å². The topological polar surface area (TPSA) is 16.4 Å². The van der Waals surface area contributed by atoms with Gasteiger partial charge in [0.2, 0.25) is 0 Å². The van der Waals surface area contributed by atoms with Crippen LogP contribution < -0.4 is 4.90 Å². The standard InChI is InChI=1S/C40H25NOS/c1-2-10-26(11-3-1)27-20-23-29(24-21-27)41(33-16-9-19-36-39(33)31-14-6-7-18-35(31)42-36)34-17-8-15-32-38-30-13-5-4-12-28(30)22-25-37(38)43-40(32)34/h1-25H. The van der Waals surface area contributed by atoms with Crippen molar-refractivity contribution in [3.8, 4) is 11.1 Å². The normalized spacial score (nSPS) is 11.7. The molecule has 0 radical (unpaired) electrons. The lowest BCUT2D eigenvalue weighted by atomic mass is 10.0. The Balaban J connectivity index is 1.34. The van der Waals surface area contributed by atoms with Crippen LogP contribution in [0.1, 0.15) is 0 Å². The number of furan rings is 1. The second kappa shape index (κ2) is 9.59. The third-order valence-corrected chi connectivity index (χ3v) is 9.65. The van der Waals surface area contributed by atoms with E-state index in [-0.39, 0.29) is 0 Å². The zero-order valence-corrected chi connectivity index (χ0v) is 24.0. The van der Waals surface area contributed by atoms with Crippen molar-refractivity contribution in [2.24, 2.45) is 0 Å². The van der Waals surface area contributed by atoms with Gasteiger partial charge in [-0.2, -0.15) is 0 Å². The zero-order valence-electron chi connectivity index (χ0n) is 23.2. The maximum atomic E-state index is 6.35. The third kappa shape index (κ3) is 3.79. The summed E-state index contributed by atoms with van der Waals surface area (Å²) in [4.78, 5) is 2.42. The summed E-state index contributed by atoms with van der Waals surface area (Å²) in [6, 6.07) is 54.2. The van der Waals surface area contributed by atoms with Gasteiger partial charge in [0.05, 0.1) is 21.5 Å². The Labute approximate surface area is 252 Å². The molecule has 0 atom stereocenters. The highest BCUT2D eigenvalue weighted by Gasteiger charge is 2.22. The number of fused-ring (bicyclic) bond motifs is 8. The molecule has 0 saturated heterocycles. The second-order valence-corrected chi connectivity index (χ2v) is 12.0. The molecule has 2 nitrogen and oxygen atoms in total. The molecule has 2 heterocycles. The van der Waals surface area contributed by atoms with Crippen LogP contribution in [0.4, 0.5) is 17.1 Å². The molecule has 0 fully saturated rings. The number of hydrogen-bond donors (Lipinski definition) is 0. The number of rotatable bonds is 4. The lowest BCUT2D eigenvalue weighted by Gasteiger charge is -2.27. The molecule has 2 aromatic heterocycles. The Kier molecular flexibility index (Phi) is 5.40. The van der Waals surface area contributed by atoms with Crippen LogP contribution in [-0.4, -0.2) is 0 Å². The maximum Gasteiger partial charge on any atom is 0.137 e. The van der Waals surface area contributed by atoms with E-state index in [1.807, 2.05) is 17.4 Å². The largest absolute Gasteiger partial charge is 0.456 e. The van der Waals surface area contributed by atoms with E-state index in [2.05, 4.69) is 150 Å². The first-order valence-electron chi connectivity index (χ1n) is 14.5. The summed E-state index contributed by atoms with van der Waals surface area (Å²) in [5.41, 5.74) is 7.56. The van der Waals surface area contributed by atoms with Crippen molar-refractivity contribution in [2.75, 3.05) is 4.90 Å². The Bertz CT molecular complexity index is 2450. The molecule has 7 aromatic carbocycles. The summed E-state index contributed by atoms with van der Waals surface area (Å²) in [7, 11) is 0. The minimum atomic E-state index is 0.888. The molecule has 43 heavy (non-hydrogen) atoms. The smallest absolute Gasteiger partial charge is 0.137 e. The van der Waals surface area contributed by atoms with E-state index < -0.39 is 0 Å². The first-order valence-corrected chi connectivity index (χ1v) is 15.3. The van der Waals surface area contributed by atoms with E-state index in [0.29, 0.717) is 0 Å². The van der Waals surface area contributed by atoms with Gasteiger partial charge in [-0.05, 0) is 64.4 Å². The average Bonchev–Trinajstić information content (AvgIpc) is 3.65. The maximum absolute atomic E-state index is 6.35. The predicted molar refractivity (Wildman–Crippen MR) is 184 cm³/mol. The molecular formula is C40H25NOS. The average molecular weight is 568 g/mol. The van der Waals surface area contributed by atoms with Crippen molar-refractivity contribution in [3.63, 3.8) is 0 Å². The quantitative estimate of drug-likeness (QED) is 0.210. The molecular weight excluding hydrogens is 543 g/mol. The summed E-state index contributed by atoms with van der Waals surface area (Å²) < 4.78 is 8.92. The number of benzene rings is 7. The molecule has 0 N–H and O–H groups in total. The molecule has 0 amide bonds. The third-order valence-electron chi connectivity index (χ3n) is 8.46. The fraction of sp³-hybridized carbons (Fsp3) is 0. The molecule has 0 bridgehead atoms. The van der Waals surface area contributed by atoms with Crippen molar-refractivity contribution < 1.29 is 4.42 Å². The number of hydrogen-bond acceptors (Lipinski definition) is 3. The van der Waals surface area contributed by atoms with E-state index in [1.54, 1.807) is 0 Å². The molecule has 0 aliphatic rings. The van der Waals surface area contributed by atoms with Gasteiger partial charge < -0.3 is 9.32 Å². The van der Waals surface area contributed by atoms with Gasteiger partial charge >= 0.3 is 0 Å². The molecule has 0 aliphatic carbocycles. The van der Waals surface area contributed by atoms with Crippen molar-refractivity contribution in [3.05, 3.63) is 152 Å². The van der Waals surface area contributed by atoms with Gasteiger partial charge in [0.25, 0.3) is 0 Å². The molecule has 3 heteroatoms. The first kappa shape index (κ1) is 24.2. The van der Waals surface area contributed by atoms with Gasteiger partial charge in [-0.1, -0.05) is 109 Å². The van der Waals surface area contributed by atoms with Gasteiger partial charge in [-0.3, -0.25) is 0 Å². The summed E-state index contributed by atoms with van der Waals surface area (Å²) in [5, 5.41) is 7.41.